The molecular weight excluding hydrogens is 420 g/mol. The van der Waals surface area contributed by atoms with E-state index in [1.807, 2.05) is 31.2 Å². The van der Waals surface area contributed by atoms with Gasteiger partial charge in [-0.3, -0.25) is 4.79 Å². The second-order valence-electron chi connectivity index (χ2n) is 8.95. The molecule has 33 heavy (non-hydrogen) atoms. The average molecular weight is 451 g/mol. The quantitative estimate of drug-likeness (QED) is 0.503. The van der Waals surface area contributed by atoms with Crippen molar-refractivity contribution in [3.8, 4) is 11.1 Å². The van der Waals surface area contributed by atoms with E-state index in [1.165, 1.54) is 0 Å². The predicted octanol–water partition coefficient (Wildman–Crippen LogP) is 4.21. The molecule has 0 saturated heterocycles. The summed E-state index contributed by atoms with van der Waals surface area (Å²) in [4.78, 5) is 36.4. The Morgan fingerprint density at radius 1 is 1.06 bits per heavy atom. The number of ether oxygens (including phenoxy) is 1. The summed E-state index contributed by atoms with van der Waals surface area (Å²) >= 11 is 0. The SMILES string of the molecule is CCCCC(CC(=O)NC1(C(=O)O)CC1)NC(=O)OCC1c2ccccc2-c2ccccc21. The van der Waals surface area contributed by atoms with Gasteiger partial charge in [0.05, 0.1) is 0 Å². The molecule has 0 heterocycles. The Kier molecular flexibility index (Phi) is 6.67. The zero-order valence-corrected chi connectivity index (χ0v) is 18.8. The molecule has 1 saturated carbocycles. The molecule has 1 fully saturated rings. The molecule has 174 valence electrons. The van der Waals surface area contributed by atoms with Gasteiger partial charge in [-0.1, -0.05) is 68.3 Å². The maximum absolute atomic E-state index is 12.6. The van der Waals surface area contributed by atoms with E-state index >= 15 is 0 Å². The van der Waals surface area contributed by atoms with Crippen molar-refractivity contribution in [1.29, 1.82) is 0 Å². The molecule has 0 radical (unpaired) electrons. The van der Waals surface area contributed by atoms with Crippen LogP contribution in [0.5, 0.6) is 0 Å². The van der Waals surface area contributed by atoms with Gasteiger partial charge in [-0.25, -0.2) is 9.59 Å². The minimum atomic E-state index is -1.13. The number of benzene rings is 2. The first-order chi connectivity index (χ1) is 15.9. The topological polar surface area (TPSA) is 105 Å². The molecule has 1 unspecified atom stereocenters. The molecule has 0 bridgehead atoms. The number of carbonyl (C=O) groups excluding carboxylic acids is 2. The van der Waals surface area contributed by atoms with Gasteiger partial charge in [-0.15, -0.1) is 0 Å². The van der Waals surface area contributed by atoms with Crippen LogP contribution < -0.4 is 10.6 Å². The first-order valence-corrected chi connectivity index (χ1v) is 11.6. The van der Waals surface area contributed by atoms with Crippen molar-refractivity contribution in [3.05, 3.63) is 59.7 Å². The van der Waals surface area contributed by atoms with Crippen molar-refractivity contribution in [2.75, 3.05) is 6.61 Å². The van der Waals surface area contributed by atoms with Gasteiger partial charge >= 0.3 is 12.1 Å². The third-order valence-corrected chi connectivity index (χ3v) is 6.54. The molecular formula is C26H30N2O5. The maximum Gasteiger partial charge on any atom is 0.407 e. The van der Waals surface area contributed by atoms with Crippen LogP contribution in [-0.2, 0) is 14.3 Å². The Morgan fingerprint density at radius 3 is 2.21 bits per heavy atom. The number of rotatable bonds is 10. The Bertz CT molecular complexity index is 1000. The van der Waals surface area contributed by atoms with E-state index in [-0.39, 0.29) is 24.9 Å². The van der Waals surface area contributed by atoms with Crippen molar-refractivity contribution >= 4 is 18.0 Å². The number of aliphatic carboxylic acids is 1. The number of amides is 2. The summed E-state index contributed by atoms with van der Waals surface area (Å²) < 4.78 is 5.61. The fourth-order valence-electron chi connectivity index (χ4n) is 4.54. The number of carbonyl (C=O) groups is 3. The fourth-order valence-corrected chi connectivity index (χ4v) is 4.54. The van der Waals surface area contributed by atoms with Gasteiger partial charge in [-0.2, -0.15) is 0 Å². The summed E-state index contributed by atoms with van der Waals surface area (Å²) in [6, 6.07) is 15.9. The highest BCUT2D eigenvalue weighted by Gasteiger charge is 2.51. The normalized spacial score (nSPS) is 16.3. The van der Waals surface area contributed by atoms with Crippen molar-refractivity contribution in [2.45, 2.75) is 62.9 Å². The van der Waals surface area contributed by atoms with Crippen LogP contribution in [-0.4, -0.2) is 41.3 Å². The monoisotopic (exact) mass is 450 g/mol. The number of carboxylic acids is 1. The molecule has 1 atom stereocenters. The zero-order valence-electron chi connectivity index (χ0n) is 18.8. The predicted molar refractivity (Wildman–Crippen MR) is 124 cm³/mol. The van der Waals surface area contributed by atoms with Crippen molar-refractivity contribution < 1.29 is 24.2 Å². The third kappa shape index (κ3) is 5.02. The van der Waals surface area contributed by atoms with Crippen LogP contribution in [0.3, 0.4) is 0 Å². The van der Waals surface area contributed by atoms with Crippen molar-refractivity contribution in [2.24, 2.45) is 0 Å². The number of alkyl carbamates (subject to hydrolysis) is 1. The molecule has 7 heteroatoms. The molecule has 2 amide bonds. The Labute approximate surface area is 193 Å². The average Bonchev–Trinajstić information content (AvgIpc) is 3.52. The second-order valence-corrected chi connectivity index (χ2v) is 8.95. The molecule has 2 aromatic rings. The van der Waals surface area contributed by atoms with Crippen LogP contribution in [0.2, 0.25) is 0 Å². The lowest BCUT2D eigenvalue weighted by Crippen LogP contribution is -2.46. The van der Waals surface area contributed by atoms with E-state index in [9.17, 15) is 19.5 Å². The lowest BCUT2D eigenvalue weighted by Gasteiger charge is -2.21. The summed E-state index contributed by atoms with van der Waals surface area (Å²) in [5, 5.41) is 14.7. The smallest absolute Gasteiger partial charge is 0.407 e. The molecule has 3 N–H and O–H groups in total. The standard InChI is InChI=1S/C26H30N2O5/c1-2-3-8-17(15-23(29)28-26(13-14-26)24(30)31)27-25(32)33-16-22-20-11-6-4-9-18(20)19-10-5-7-12-21(19)22/h4-7,9-12,17,22H,2-3,8,13-16H2,1H3,(H,27,32)(H,28,29)(H,30,31). The first-order valence-electron chi connectivity index (χ1n) is 11.6. The number of fused-ring (bicyclic) bond motifs is 3. The van der Waals surface area contributed by atoms with Crippen LogP contribution in [0.15, 0.2) is 48.5 Å². The highest BCUT2D eigenvalue weighted by Crippen LogP contribution is 2.44. The molecule has 4 rings (SSSR count). The lowest BCUT2D eigenvalue weighted by molar-refractivity contribution is -0.143. The van der Waals surface area contributed by atoms with E-state index in [2.05, 4.69) is 34.9 Å². The number of carboxylic acid groups (broad SMARTS) is 1. The van der Waals surface area contributed by atoms with E-state index in [4.69, 9.17) is 4.74 Å². The molecule has 0 spiro atoms. The molecule has 2 aliphatic rings. The first kappa shape index (κ1) is 22.8. The van der Waals surface area contributed by atoms with Crippen LogP contribution in [0.1, 0.15) is 62.5 Å². The summed E-state index contributed by atoms with van der Waals surface area (Å²) in [7, 11) is 0. The highest BCUT2D eigenvalue weighted by molar-refractivity contribution is 5.90. The number of hydrogen-bond acceptors (Lipinski definition) is 4. The van der Waals surface area contributed by atoms with E-state index in [1.54, 1.807) is 0 Å². The van der Waals surface area contributed by atoms with Crippen LogP contribution in [0, 0.1) is 0 Å². The number of nitrogens with one attached hydrogen (secondary N) is 2. The van der Waals surface area contributed by atoms with Gasteiger partial charge in [0.2, 0.25) is 5.91 Å². The van der Waals surface area contributed by atoms with Crippen molar-refractivity contribution in [3.63, 3.8) is 0 Å². The van der Waals surface area contributed by atoms with Gasteiger partial charge in [0, 0.05) is 18.4 Å². The van der Waals surface area contributed by atoms with Crippen LogP contribution in [0.25, 0.3) is 11.1 Å². The fraction of sp³-hybridized carbons (Fsp3) is 0.423. The molecule has 0 aliphatic heterocycles. The molecule has 0 aromatic heterocycles. The van der Waals surface area contributed by atoms with Crippen LogP contribution in [0.4, 0.5) is 4.79 Å². The minimum absolute atomic E-state index is 0.0270. The molecule has 2 aliphatic carbocycles. The van der Waals surface area contributed by atoms with Gasteiger partial charge < -0.3 is 20.5 Å². The third-order valence-electron chi connectivity index (χ3n) is 6.54. The van der Waals surface area contributed by atoms with Gasteiger partial charge in [-0.05, 0) is 41.5 Å². The Balaban J connectivity index is 1.36. The largest absolute Gasteiger partial charge is 0.480 e. The van der Waals surface area contributed by atoms with Crippen LogP contribution >= 0.6 is 0 Å². The van der Waals surface area contributed by atoms with Crippen molar-refractivity contribution in [1.82, 2.24) is 10.6 Å². The van der Waals surface area contributed by atoms with Gasteiger partial charge in [0.25, 0.3) is 0 Å². The number of unbranched alkanes of at least 4 members (excludes halogenated alkanes) is 1. The highest BCUT2D eigenvalue weighted by atomic mass is 16.5. The summed E-state index contributed by atoms with van der Waals surface area (Å²) in [6.07, 6.45) is 2.72. The van der Waals surface area contributed by atoms with E-state index in [0.29, 0.717) is 19.3 Å². The summed E-state index contributed by atoms with van der Waals surface area (Å²) in [5.74, 6) is -1.41. The van der Waals surface area contributed by atoms with Gasteiger partial charge in [0.1, 0.15) is 12.1 Å². The van der Waals surface area contributed by atoms with Gasteiger partial charge in [0.15, 0.2) is 0 Å². The zero-order chi connectivity index (χ0) is 23.4. The van der Waals surface area contributed by atoms with E-state index < -0.39 is 23.6 Å². The molecule has 7 nitrogen and oxygen atoms in total. The maximum atomic E-state index is 12.6. The Morgan fingerprint density at radius 2 is 1.67 bits per heavy atom. The lowest BCUT2D eigenvalue weighted by atomic mass is 9.98. The van der Waals surface area contributed by atoms with E-state index in [0.717, 1.165) is 35.1 Å². The molecule has 2 aromatic carbocycles. The minimum Gasteiger partial charge on any atom is -0.480 e. The number of hydrogen-bond donors (Lipinski definition) is 3. The summed E-state index contributed by atoms with van der Waals surface area (Å²) in [5.41, 5.74) is 3.46. The Hall–Kier alpha value is -3.35. The summed E-state index contributed by atoms with van der Waals surface area (Å²) in [6.45, 7) is 2.24. The second kappa shape index (κ2) is 9.65.